The zero-order valence-corrected chi connectivity index (χ0v) is 56.8. The number of para-hydroxylation sites is 8. The molecule has 0 amide bonds. The maximum Gasteiger partial charge on any atom is 0.164 e. The molecule has 101 heavy (non-hydrogen) atoms. The quantitative estimate of drug-likeness (QED) is 0.0758. The van der Waals surface area contributed by atoms with Crippen LogP contribution in [0.3, 0.4) is 0 Å². The second-order valence-electron chi connectivity index (χ2n) is 27.4. The molecule has 3 unspecified atom stereocenters. The number of aromatic nitrogens is 7. The number of hydrogen-bond donors (Lipinski definition) is 0. The molecule has 0 N–H and O–H groups in total. The van der Waals surface area contributed by atoms with Gasteiger partial charge in [0.25, 0.3) is 0 Å². The van der Waals surface area contributed by atoms with Gasteiger partial charge in [0.2, 0.25) is 0 Å². The summed E-state index contributed by atoms with van der Waals surface area (Å²) in [5.74, 6) is 3.18. The fourth-order valence-corrected chi connectivity index (χ4v) is 16.3. The minimum Gasteiger partial charge on any atom is -0.309 e. The Morgan fingerprint density at radius 2 is 0.574 bits per heavy atom. The summed E-state index contributed by atoms with van der Waals surface area (Å²) in [6.45, 7) is 8.87. The van der Waals surface area contributed by atoms with Gasteiger partial charge in [-0.05, 0) is 157 Å². The molecule has 486 valence electrons. The normalized spacial score (nSPS) is 12.8. The molecule has 0 aliphatic carbocycles. The van der Waals surface area contributed by atoms with E-state index in [1.54, 1.807) is 0 Å². The molecule has 5 heterocycles. The number of hydrogen-bond acceptors (Lipinski definition) is 3. The Bertz CT molecular complexity index is 5390. The number of nitrogens with zero attached hydrogens (tertiary/aromatic N) is 7. The summed E-state index contributed by atoms with van der Waals surface area (Å²) in [5, 5.41) is 9.49. The topological polar surface area (TPSA) is 58.4 Å². The maximum atomic E-state index is 5.78. The fraction of sp³-hybridized carbons (Fsp3) is 0.117. The number of rotatable bonds is 19. The van der Waals surface area contributed by atoms with Gasteiger partial charge in [-0.3, -0.25) is 0 Å². The zero-order valence-electron chi connectivity index (χ0n) is 56.8. The Morgan fingerprint density at radius 3 is 0.901 bits per heavy atom. The molecule has 0 bridgehead atoms. The molecule has 18 aromatic rings. The van der Waals surface area contributed by atoms with Gasteiger partial charge in [-0.1, -0.05) is 251 Å². The van der Waals surface area contributed by atoms with Crippen molar-refractivity contribution in [1.82, 2.24) is 33.2 Å². The molecule has 0 saturated carbocycles. The van der Waals surface area contributed by atoms with E-state index in [0.717, 1.165) is 108 Å². The third-order valence-electron chi connectivity index (χ3n) is 21.4. The Hall–Kier alpha value is -12.2. The molecule has 0 spiro atoms. The average molecular weight is 1300 g/mol. The summed E-state index contributed by atoms with van der Waals surface area (Å²) in [6.07, 6.45) is 9.20. The molecule has 7 nitrogen and oxygen atoms in total. The van der Waals surface area contributed by atoms with Crippen LogP contribution in [0.4, 0.5) is 0 Å². The summed E-state index contributed by atoms with van der Waals surface area (Å²) in [4.78, 5) is 17.1. The van der Waals surface area contributed by atoms with Crippen LogP contribution in [0.15, 0.2) is 322 Å². The van der Waals surface area contributed by atoms with E-state index in [-0.39, 0.29) is 0 Å². The van der Waals surface area contributed by atoms with Crippen LogP contribution in [0, 0.1) is 5.92 Å². The minimum absolute atomic E-state index is 0.414. The molecule has 18 rings (SSSR count). The summed E-state index contributed by atoms with van der Waals surface area (Å²) in [5.41, 5.74) is 20.5. The second-order valence-corrected chi connectivity index (χ2v) is 27.4. The van der Waals surface area contributed by atoms with Crippen molar-refractivity contribution in [2.75, 3.05) is 0 Å². The third kappa shape index (κ3) is 11.0. The van der Waals surface area contributed by atoms with Gasteiger partial charge >= 0.3 is 0 Å². The van der Waals surface area contributed by atoms with Crippen molar-refractivity contribution >= 4 is 87.2 Å². The second kappa shape index (κ2) is 25.9. The third-order valence-corrected chi connectivity index (χ3v) is 21.4. The van der Waals surface area contributed by atoms with Crippen molar-refractivity contribution in [3.8, 4) is 68.0 Å². The van der Waals surface area contributed by atoms with E-state index in [0.29, 0.717) is 35.2 Å². The van der Waals surface area contributed by atoms with E-state index in [1.165, 1.54) is 79.9 Å². The van der Waals surface area contributed by atoms with E-state index in [1.807, 2.05) is 0 Å². The first-order valence-corrected chi connectivity index (χ1v) is 35.8. The van der Waals surface area contributed by atoms with E-state index in [9.17, 15) is 0 Å². The standard InChI is InChI=1S/C94H75N7/c1-4-25-63(5-2)45-47-66(65-26-7-6-8-27-65)46-44-62(3)64-48-50-67(51-49-64)68-52-54-69(55-53-68)92-95-93(70-56-72(98-84-36-17-9-28-76(84)77-29-10-18-37-85(77)98)60-73(57-70)99-86-38-19-11-30-78(86)79-31-12-20-39-87(79)99)97-94(96-92)71-58-74(100-88-40-21-13-32-80(88)81-33-14-22-41-89(81)100)61-75(59-71)101-90-42-23-15-34-82(90)83-35-16-24-43-91(83)101/h5-24,26-43,48-63,66H,2,4,25,44-47H2,1,3H3. The van der Waals surface area contributed by atoms with Crippen LogP contribution in [0.25, 0.3) is 155 Å². The van der Waals surface area contributed by atoms with Crippen molar-refractivity contribution in [3.63, 3.8) is 0 Å². The van der Waals surface area contributed by atoms with Gasteiger partial charge in [0, 0.05) is 82.5 Å². The highest BCUT2D eigenvalue weighted by Gasteiger charge is 2.24. The molecule has 7 heteroatoms. The molecule has 0 saturated heterocycles. The first-order chi connectivity index (χ1) is 49.9. The van der Waals surface area contributed by atoms with E-state index >= 15 is 0 Å². The van der Waals surface area contributed by atoms with Gasteiger partial charge < -0.3 is 18.3 Å². The number of fused-ring (bicyclic) bond motifs is 12. The lowest BCUT2D eigenvalue weighted by Gasteiger charge is -2.22. The van der Waals surface area contributed by atoms with Crippen LogP contribution in [0.1, 0.15) is 75.3 Å². The van der Waals surface area contributed by atoms with Crippen LogP contribution >= 0.6 is 0 Å². The van der Waals surface area contributed by atoms with Crippen molar-refractivity contribution in [1.29, 1.82) is 0 Å². The van der Waals surface area contributed by atoms with Crippen LogP contribution in [-0.2, 0) is 0 Å². The van der Waals surface area contributed by atoms with Crippen LogP contribution < -0.4 is 0 Å². The van der Waals surface area contributed by atoms with Crippen molar-refractivity contribution in [2.45, 2.75) is 64.2 Å². The van der Waals surface area contributed by atoms with Crippen LogP contribution in [0.2, 0.25) is 0 Å². The molecular formula is C94H75N7. The molecule has 0 fully saturated rings. The minimum atomic E-state index is 0.414. The number of allylic oxidation sites excluding steroid dienone is 1. The van der Waals surface area contributed by atoms with E-state index in [2.05, 4.69) is 354 Å². The molecule has 13 aromatic carbocycles. The van der Waals surface area contributed by atoms with Crippen molar-refractivity contribution in [2.24, 2.45) is 5.92 Å². The highest BCUT2D eigenvalue weighted by atomic mass is 15.1. The lowest BCUT2D eigenvalue weighted by molar-refractivity contribution is 0.447. The van der Waals surface area contributed by atoms with Crippen LogP contribution in [0.5, 0.6) is 0 Å². The predicted octanol–water partition coefficient (Wildman–Crippen LogP) is 25.0. The van der Waals surface area contributed by atoms with Gasteiger partial charge in [0.15, 0.2) is 17.5 Å². The van der Waals surface area contributed by atoms with Crippen LogP contribution in [-0.4, -0.2) is 33.2 Å². The first-order valence-electron chi connectivity index (χ1n) is 35.8. The van der Waals surface area contributed by atoms with Crippen molar-refractivity contribution < 1.29 is 0 Å². The lowest BCUT2D eigenvalue weighted by atomic mass is 9.83. The number of benzene rings is 13. The highest BCUT2D eigenvalue weighted by molar-refractivity contribution is 6.13. The monoisotopic (exact) mass is 1300 g/mol. The molecule has 0 aliphatic heterocycles. The Labute approximate surface area is 588 Å². The van der Waals surface area contributed by atoms with Gasteiger partial charge in [0.1, 0.15) is 0 Å². The highest BCUT2D eigenvalue weighted by Crippen LogP contribution is 2.42. The summed E-state index contributed by atoms with van der Waals surface area (Å²) in [6, 6.07) is 113. The predicted molar refractivity (Wildman–Crippen MR) is 424 cm³/mol. The SMILES string of the molecule is C=CC(CCC)CCC(CCC(C)c1ccc(-c2ccc(-c3nc(-c4cc(-n5c6ccccc6c6ccccc65)cc(-n5c6ccccc6c6ccccc65)c4)nc(-c4cc(-n5c6ccccc6c6ccccc65)cc(-n5c6ccccc6c6ccccc65)c4)n3)cc2)cc1)c1ccccc1. The Morgan fingerprint density at radius 1 is 0.287 bits per heavy atom. The van der Waals surface area contributed by atoms with Gasteiger partial charge in [-0.25, -0.2) is 15.0 Å². The maximum absolute atomic E-state index is 5.78. The summed E-state index contributed by atoms with van der Waals surface area (Å²) in [7, 11) is 0. The lowest BCUT2D eigenvalue weighted by Crippen LogP contribution is -2.05. The fourth-order valence-electron chi connectivity index (χ4n) is 16.3. The largest absolute Gasteiger partial charge is 0.309 e. The Kier molecular flexibility index (Phi) is 15.7. The van der Waals surface area contributed by atoms with Gasteiger partial charge in [-0.2, -0.15) is 0 Å². The first kappa shape index (κ1) is 61.2. The molecule has 0 radical (unpaired) electrons. The summed E-state index contributed by atoms with van der Waals surface area (Å²) >= 11 is 0. The molecule has 3 atom stereocenters. The Balaban J connectivity index is 0.812. The van der Waals surface area contributed by atoms with Gasteiger partial charge in [-0.15, -0.1) is 6.58 Å². The van der Waals surface area contributed by atoms with Gasteiger partial charge in [0.05, 0.1) is 44.1 Å². The smallest absolute Gasteiger partial charge is 0.164 e. The molecule has 5 aromatic heterocycles. The molecular weight excluding hydrogens is 1230 g/mol. The molecule has 0 aliphatic rings. The zero-order chi connectivity index (χ0) is 67.5. The van der Waals surface area contributed by atoms with E-state index < -0.39 is 0 Å². The summed E-state index contributed by atoms with van der Waals surface area (Å²) < 4.78 is 9.63. The van der Waals surface area contributed by atoms with E-state index in [4.69, 9.17) is 15.0 Å². The van der Waals surface area contributed by atoms with Crippen molar-refractivity contribution in [3.05, 3.63) is 333 Å². The average Bonchev–Trinajstić information content (AvgIpc) is 1.62.